The molecule has 1 aliphatic rings. The van der Waals surface area contributed by atoms with Crippen molar-refractivity contribution in [1.29, 1.82) is 0 Å². The van der Waals surface area contributed by atoms with Crippen LogP contribution in [0.25, 0.3) is 6.08 Å². The van der Waals surface area contributed by atoms with Crippen molar-refractivity contribution < 1.29 is 19.2 Å². The second-order valence-electron chi connectivity index (χ2n) is 7.18. The van der Waals surface area contributed by atoms with Gasteiger partial charge in [0.1, 0.15) is 12.4 Å². The van der Waals surface area contributed by atoms with Gasteiger partial charge < -0.3 is 10.1 Å². The minimum atomic E-state index is -0.440. The van der Waals surface area contributed by atoms with Crippen LogP contribution in [0.3, 0.4) is 0 Å². The van der Waals surface area contributed by atoms with E-state index in [1.165, 1.54) is 12.1 Å². The summed E-state index contributed by atoms with van der Waals surface area (Å²) in [6.45, 7) is 0.182. The maximum absolute atomic E-state index is 12.4. The number of nitro groups is 1. The van der Waals surface area contributed by atoms with Gasteiger partial charge in [-0.2, -0.15) is 4.99 Å². The molecule has 0 aromatic heterocycles. The number of amides is 2. The van der Waals surface area contributed by atoms with Crippen molar-refractivity contribution in [3.05, 3.63) is 106 Å². The molecular formula is C24H15I2N3O5S. The fourth-order valence-corrected chi connectivity index (χ4v) is 6.03. The number of rotatable bonds is 6. The molecule has 1 heterocycles. The Morgan fingerprint density at radius 1 is 1.09 bits per heavy atom. The first-order valence-electron chi connectivity index (χ1n) is 10.0. The summed E-state index contributed by atoms with van der Waals surface area (Å²) in [5, 5.41) is 13.8. The van der Waals surface area contributed by atoms with Crippen LogP contribution in [0.4, 0.5) is 5.69 Å². The van der Waals surface area contributed by atoms with E-state index in [1.807, 2.05) is 18.2 Å². The molecule has 0 radical (unpaired) electrons. The van der Waals surface area contributed by atoms with Crippen LogP contribution < -0.4 is 10.1 Å². The van der Waals surface area contributed by atoms with E-state index in [-0.39, 0.29) is 23.4 Å². The molecule has 1 aliphatic heterocycles. The van der Waals surface area contributed by atoms with E-state index in [1.54, 1.807) is 42.5 Å². The van der Waals surface area contributed by atoms with Gasteiger partial charge in [-0.05, 0) is 98.4 Å². The third kappa shape index (κ3) is 6.46. The number of nitro benzene ring substituents is 1. The number of aliphatic imine (C=N–C) groups is 1. The van der Waals surface area contributed by atoms with Crippen LogP contribution in [0.15, 0.2) is 76.6 Å². The van der Waals surface area contributed by atoms with E-state index in [0.29, 0.717) is 21.8 Å². The number of carbonyl (C=O) groups is 2. The zero-order valence-electron chi connectivity index (χ0n) is 17.7. The molecule has 0 atom stereocenters. The molecule has 8 nitrogen and oxygen atoms in total. The second kappa shape index (κ2) is 11.3. The zero-order valence-corrected chi connectivity index (χ0v) is 22.9. The molecule has 0 saturated carbocycles. The van der Waals surface area contributed by atoms with Crippen molar-refractivity contribution in [2.75, 3.05) is 0 Å². The van der Waals surface area contributed by atoms with E-state index in [4.69, 9.17) is 4.74 Å². The molecular weight excluding hydrogens is 696 g/mol. The first-order chi connectivity index (χ1) is 16.8. The van der Waals surface area contributed by atoms with Crippen LogP contribution in [0.2, 0.25) is 0 Å². The van der Waals surface area contributed by atoms with Gasteiger partial charge in [0.25, 0.3) is 17.5 Å². The fourth-order valence-electron chi connectivity index (χ4n) is 3.09. The summed E-state index contributed by atoms with van der Waals surface area (Å²) in [4.78, 5) is 39.7. The van der Waals surface area contributed by atoms with E-state index in [9.17, 15) is 19.7 Å². The zero-order chi connectivity index (χ0) is 24.9. The van der Waals surface area contributed by atoms with Crippen LogP contribution in [-0.4, -0.2) is 21.9 Å². The van der Waals surface area contributed by atoms with Gasteiger partial charge in [0.15, 0.2) is 5.17 Å². The smallest absolute Gasteiger partial charge is 0.279 e. The monoisotopic (exact) mass is 711 g/mol. The quantitative estimate of drug-likeness (QED) is 0.150. The van der Waals surface area contributed by atoms with Crippen molar-refractivity contribution >= 4 is 85.7 Å². The Hall–Kier alpha value is -2.78. The van der Waals surface area contributed by atoms with E-state index in [0.717, 1.165) is 24.5 Å². The van der Waals surface area contributed by atoms with Gasteiger partial charge in [-0.1, -0.05) is 30.3 Å². The number of nitrogens with zero attached hydrogens (tertiary/aromatic N) is 2. The van der Waals surface area contributed by atoms with E-state index < -0.39 is 10.8 Å². The number of non-ortho nitro benzene ring substituents is 1. The third-order valence-electron chi connectivity index (χ3n) is 4.70. The van der Waals surface area contributed by atoms with Crippen molar-refractivity contribution in [1.82, 2.24) is 5.32 Å². The Kier molecular flexibility index (Phi) is 8.18. The van der Waals surface area contributed by atoms with Crippen LogP contribution in [0.1, 0.15) is 21.5 Å². The highest BCUT2D eigenvalue weighted by Crippen LogP contribution is 2.33. The van der Waals surface area contributed by atoms with Crippen LogP contribution in [0, 0.1) is 17.3 Å². The number of nitrogens with one attached hydrogen (secondary N) is 1. The Morgan fingerprint density at radius 2 is 1.80 bits per heavy atom. The summed E-state index contributed by atoms with van der Waals surface area (Å²) < 4.78 is 7.58. The highest BCUT2D eigenvalue weighted by molar-refractivity contribution is 14.1. The topological polar surface area (TPSA) is 111 Å². The van der Waals surface area contributed by atoms with Gasteiger partial charge in [0.05, 0.1) is 17.0 Å². The molecule has 0 bridgehead atoms. The number of ether oxygens (including phenoxy) is 1. The number of thioether (sulfide) groups is 1. The van der Waals surface area contributed by atoms with Crippen molar-refractivity contribution in [3.8, 4) is 5.75 Å². The Morgan fingerprint density at radius 3 is 2.49 bits per heavy atom. The molecule has 2 amide bonds. The molecule has 1 N–H and O–H groups in total. The van der Waals surface area contributed by atoms with Crippen molar-refractivity contribution in [2.24, 2.45) is 4.99 Å². The highest BCUT2D eigenvalue weighted by Gasteiger charge is 2.25. The number of amidine groups is 1. The summed E-state index contributed by atoms with van der Waals surface area (Å²) >= 11 is 5.40. The number of hydrogen-bond donors (Lipinski definition) is 1. The molecule has 35 heavy (non-hydrogen) atoms. The van der Waals surface area contributed by atoms with E-state index >= 15 is 0 Å². The fraction of sp³-hybridized carbons (Fsp3) is 0.0417. The lowest BCUT2D eigenvalue weighted by atomic mass is 10.2. The summed E-state index contributed by atoms with van der Waals surface area (Å²) in [5.74, 6) is -0.103. The van der Waals surface area contributed by atoms with Gasteiger partial charge in [-0.25, -0.2) is 0 Å². The Balaban J connectivity index is 1.48. The second-order valence-corrected chi connectivity index (χ2v) is 10.5. The molecule has 1 fully saturated rings. The molecule has 0 spiro atoms. The van der Waals surface area contributed by atoms with Crippen LogP contribution in [0.5, 0.6) is 5.75 Å². The summed E-state index contributed by atoms with van der Waals surface area (Å²) in [6, 6.07) is 18.7. The van der Waals surface area contributed by atoms with Crippen LogP contribution >= 0.6 is 56.9 Å². The lowest BCUT2D eigenvalue weighted by molar-refractivity contribution is -0.384. The number of halogens is 2. The van der Waals surface area contributed by atoms with Gasteiger partial charge in [0.2, 0.25) is 0 Å². The van der Waals surface area contributed by atoms with Gasteiger partial charge >= 0.3 is 0 Å². The Bertz CT molecular complexity index is 1370. The lowest BCUT2D eigenvalue weighted by Gasteiger charge is -2.11. The molecule has 1 saturated heterocycles. The van der Waals surface area contributed by atoms with Crippen molar-refractivity contribution in [3.63, 3.8) is 0 Å². The number of carbonyl (C=O) groups excluding carboxylic acids is 2. The first kappa shape index (κ1) is 25.3. The molecule has 0 unspecified atom stereocenters. The molecule has 4 rings (SSSR count). The number of hydrogen-bond acceptors (Lipinski definition) is 6. The average Bonchev–Trinajstić information content (AvgIpc) is 3.17. The lowest BCUT2D eigenvalue weighted by Crippen LogP contribution is -2.20. The SMILES string of the molecule is O=C1NC(=NC(=O)c2ccccc2)S/C1=C\c1cc(I)c(OCc2cccc([N+](=O)[O-])c2)c(I)c1. The van der Waals surface area contributed by atoms with Gasteiger partial charge in [-0.15, -0.1) is 0 Å². The predicted octanol–water partition coefficient (Wildman–Crippen LogP) is 5.78. The molecule has 3 aromatic rings. The van der Waals surface area contributed by atoms with Gasteiger partial charge in [0, 0.05) is 17.7 Å². The van der Waals surface area contributed by atoms with E-state index in [2.05, 4.69) is 55.5 Å². The molecule has 0 aliphatic carbocycles. The van der Waals surface area contributed by atoms with Crippen molar-refractivity contribution in [2.45, 2.75) is 6.61 Å². The molecule has 176 valence electrons. The highest BCUT2D eigenvalue weighted by atomic mass is 127. The standard InChI is InChI=1S/C24H15I2N3O5S/c25-18-10-15(11-19(26)21(18)34-13-14-5-4-8-17(9-14)29(32)33)12-20-23(31)28-24(35-20)27-22(30)16-6-2-1-3-7-16/h1-12H,13H2,(H,27,28,30,31)/b20-12-. The largest absolute Gasteiger partial charge is 0.487 e. The molecule has 11 heteroatoms. The average molecular weight is 711 g/mol. The maximum Gasteiger partial charge on any atom is 0.279 e. The minimum Gasteiger partial charge on any atom is -0.487 e. The van der Waals surface area contributed by atoms with Crippen LogP contribution in [-0.2, 0) is 11.4 Å². The summed E-state index contributed by atoms with van der Waals surface area (Å²) in [6.07, 6.45) is 1.73. The Labute approximate surface area is 231 Å². The molecule has 3 aromatic carbocycles. The predicted molar refractivity (Wildman–Crippen MR) is 151 cm³/mol. The number of benzene rings is 3. The maximum atomic E-state index is 12.4. The summed E-state index contributed by atoms with van der Waals surface area (Å²) in [7, 11) is 0. The first-order valence-corrected chi connectivity index (χ1v) is 13.0. The summed E-state index contributed by atoms with van der Waals surface area (Å²) in [5.41, 5.74) is 1.93. The normalized spacial score (nSPS) is 15.3. The third-order valence-corrected chi connectivity index (χ3v) is 7.21. The minimum absolute atomic E-state index is 0.0122. The van der Waals surface area contributed by atoms with Gasteiger partial charge in [-0.3, -0.25) is 19.7 Å².